The van der Waals surface area contributed by atoms with Crippen LogP contribution in [0.5, 0.6) is 0 Å². The second-order valence-corrected chi connectivity index (χ2v) is 6.94. The summed E-state index contributed by atoms with van der Waals surface area (Å²) >= 11 is 0. The molecular weight excluding hydrogens is 376 g/mol. The highest BCUT2D eigenvalue weighted by molar-refractivity contribution is 5.79. The highest BCUT2D eigenvalue weighted by Gasteiger charge is 2.17. The molecule has 1 unspecified atom stereocenters. The molecule has 2 heterocycles. The second kappa shape index (κ2) is 10.2. The number of anilines is 1. The van der Waals surface area contributed by atoms with E-state index in [1.54, 1.807) is 0 Å². The third-order valence-electron chi connectivity index (χ3n) is 4.59. The minimum absolute atomic E-state index is 0.141. The second-order valence-electron chi connectivity index (χ2n) is 6.94. The summed E-state index contributed by atoms with van der Waals surface area (Å²) in [6.07, 6.45) is 2.01. The Kier molecular flexibility index (Phi) is 7.35. The summed E-state index contributed by atoms with van der Waals surface area (Å²) in [5.74, 6) is 0.541. The quantitative estimate of drug-likeness (QED) is 0.574. The summed E-state index contributed by atoms with van der Waals surface area (Å²) in [6, 6.07) is 7.40. The predicted molar refractivity (Wildman–Crippen MR) is 110 cm³/mol. The molecule has 1 atom stereocenters. The van der Waals surface area contributed by atoms with Crippen molar-refractivity contribution >= 4 is 11.8 Å². The fourth-order valence-corrected chi connectivity index (χ4v) is 3.09. The number of morpholine rings is 1. The van der Waals surface area contributed by atoms with Crippen molar-refractivity contribution in [1.29, 1.82) is 0 Å². The van der Waals surface area contributed by atoms with Crippen LogP contribution in [0, 0.1) is 11.6 Å². The van der Waals surface area contributed by atoms with Crippen molar-refractivity contribution < 1.29 is 13.5 Å². The highest BCUT2D eigenvalue weighted by Crippen LogP contribution is 2.16. The van der Waals surface area contributed by atoms with Gasteiger partial charge in [-0.05, 0) is 43.7 Å². The molecule has 6 nitrogen and oxygen atoms in total. The van der Waals surface area contributed by atoms with Gasteiger partial charge >= 0.3 is 0 Å². The van der Waals surface area contributed by atoms with Gasteiger partial charge < -0.3 is 20.3 Å². The number of hydrogen-bond donors (Lipinski definition) is 2. The summed E-state index contributed by atoms with van der Waals surface area (Å²) in [7, 11) is 0. The van der Waals surface area contributed by atoms with Gasteiger partial charge in [0.1, 0.15) is 17.5 Å². The minimum atomic E-state index is -0.467. The van der Waals surface area contributed by atoms with Gasteiger partial charge in [-0.3, -0.25) is 0 Å². The zero-order chi connectivity index (χ0) is 20.6. The van der Waals surface area contributed by atoms with Crippen LogP contribution in [0.4, 0.5) is 14.6 Å². The molecule has 1 aliphatic rings. The molecule has 2 aromatic rings. The number of guanidine groups is 1. The van der Waals surface area contributed by atoms with Crippen LogP contribution >= 0.6 is 0 Å². The van der Waals surface area contributed by atoms with E-state index in [2.05, 4.69) is 32.4 Å². The lowest BCUT2D eigenvalue weighted by Crippen LogP contribution is -2.41. The smallest absolute Gasteiger partial charge is 0.191 e. The molecule has 1 aromatic carbocycles. The van der Waals surface area contributed by atoms with Gasteiger partial charge in [0.15, 0.2) is 5.96 Å². The van der Waals surface area contributed by atoms with Crippen LogP contribution in [0.3, 0.4) is 0 Å². The zero-order valence-electron chi connectivity index (χ0n) is 16.8. The molecule has 1 saturated heterocycles. The third kappa shape index (κ3) is 6.12. The van der Waals surface area contributed by atoms with Crippen molar-refractivity contribution in [2.75, 3.05) is 31.1 Å². The highest BCUT2D eigenvalue weighted by atomic mass is 19.1. The molecule has 1 fully saturated rings. The topological polar surface area (TPSA) is 61.8 Å². The Bertz CT molecular complexity index is 828. The number of pyridine rings is 1. The lowest BCUT2D eigenvalue weighted by molar-refractivity contribution is 0.0529. The molecule has 0 radical (unpaired) electrons. The first-order chi connectivity index (χ1) is 14.0. The van der Waals surface area contributed by atoms with Crippen LogP contribution in [-0.4, -0.2) is 43.3 Å². The average molecular weight is 403 g/mol. The van der Waals surface area contributed by atoms with Crippen LogP contribution in [0.1, 0.15) is 25.0 Å². The number of ether oxygens (including phenoxy) is 1. The van der Waals surface area contributed by atoms with E-state index in [-0.39, 0.29) is 18.2 Å². The van der Waals surface area contributed by atoms with Crippen molar-refractivity contribution in [1.82, 2.24) is 15.6 Å². The summed E-state index contributed by atoms with van der Waals surface area (Å²) < 4.78 is 32.7. The number of aliphatic imine (C=N–C) groups is 1. The van der Waals surface area contributed by atoms with Crippen LogP contribution in [0.15, 0.2) is 41.5 Å². The van der Waals surface area contributed by atoms with E-state index in [0.29, 0.717) is 25.7 Å². The Morgan fingerprint density at radius 1 is 1.28 bits per heavy atom. The number of nitrogens with zero attached hydrogens (tertiary/aromatic N) is 3. The van der Waals surface area contributed by atoms with Gasteiger partial charge in [-0.2, -0.15) is 0 Å². The fourth-order valence-electron chi connectivity index (χ4n) is 3.09. The number of aromatic nitrogens is 1. The van der Waals surface area contributed by atoms with E-state index >= 15 is 0 Å². The summed E-state index contributed by atoms with van der Waals surface area (Å²) in [4.78, 5) is 11.3. The first-order valence-electron chi connectivity index (χ1n) is 9.82. The first-order valence-corrected chi connectivity index (χ1v) is 9.82. The van der Waals surface area contributed by atoms with Crippen LogP contribution in [-0.2, 0) is 17.8 Å². The van der Waals surface area contributed by atoms with Gasteiger partial charge in [0.25, 0.3) is 0 Å². The molecule has 1 aromatic heterocycles. The molecule has 1 aliphatic heterocycles. The van der Waals surface area contributed by atoms with Crippen molar-refractivity contribution in [3.8, 4) is 0 Å². The normalized spacial score (nSPS) is 17.3. The largest absolute Gasteiger partial charge is 0.375 e. The molecule has 156 valence electrons. The molecule has 0 bridgehead atoms. The lowest BCUT2D eigenvalue weighted by atomic mass is 10.2. The van der Waals surface area contributed by atoms with Crippen LogP contribution < -0.4 is 15.5 Å². The molecule has 0 amide bonds. The van der Waals surface area contributed by atoms with Gasteiger partial charge in [-0.1, -0.05) is 6.07 Å². The molecular formula is C21H27F2N5O. The predicted octanol–water partition coefficient (Wildman–Crippen LogP) is 2.84. The number of benzene rings is 1. The van der Waals surface area contributed by atoms with E-state index in [1.165, 1.54) is 6.07 Å². The molecule has 0 spiro atoms. The van der Waals surface area contributed by atoms with E-state index in [4.69, 9.17) is 4.74 Å². The Morgan fingerprint density at radius 3 is 2.86 bits per heavy atom. The fraction of sp³-hybridized carbons (Fsp3) is 0.429. The summed E-state index contributed by atoms with van der Waals surface area (Å²) in [5.41, 5.74) is 1.21. The van der Waals surface area contributed by atoms with E-state index in [9.17, 15) is 8.78 Å². The van der Waals surface area contributed by atoms with Crippen LogP contribution in [0.25, 0.3) is 0 Å². The lowest BCUT2D eigenvalue weighted by Gasteiger charge is -2.32. The third-order valence-corrected chi connectivity index (χ3v) is 4.59. The number of hydrogen-bond acceptors (Lipinski definition) is 4. The maximum absolute atomic E-state index is 13.8. The summed E-state index contributed by atoms with van der Waals surface area (Å²) in [6.45, 7) is 7.59. The van der Waals surface area contributed by atoms with E-state index in [0.717, 1.165) is 36.6 Å². The molecule has 29 heavy (non-hydrogen) atoms. The van der Waals surface area contributed by atoms with E-state index in [1.807, 2.05) is 25.3 Å². The zero-order valence-corrected chi connectivity index (χ0v) is 16.8. The Labute approximate surface area is 170 Å². The Morgan fingerprint density at radius 2 is 2.14 bits per heavy atom. The van der Waals surface area contributed by atoms with Crippen molar-refractivity contribution in [3.63, 3.8) is 0 Å². The minimum Gasteiger partial charge on any atom is -0.375 e. The Balaban J connectivity index is 1.60. The SMILES string of the molecule is CCNC(=NCc1ccc(N2CCOC(C)C2)nc1)NCc1cc(F)ccc1F. The van der Waals surface area contributed by atoms with Gasteiger partial charge in [0.05, 0.1) is 19.3 Å². The van der Waals surface area contributed by atoms with Crippen molar-refractivity contribution in [2.45, 2.75) is 33.0 Å². The molecule has 3 rings (SSSR count). The monoisotopic (exact) mass is 403 g/mol. The van der Waals surface area contributed by atoms with Crippen molar-refractivity contribution in [3.05, 3.63) is 59.3 Å². The van der Waals surface area contributed by atoms with Gasteiger partial charge in [0, 0.05) is 37.9 Å². The maximum Gasteiger partial charge on any atom is 0.191 e. The summed E-state index contributed by atoms with van der Waals surface area (Å²) in [5, 5.41) is 6.14. The van der Waals surface area contributed by atoms with Crippen molar-refractivity contribution in [2.24, 2.45) is 4.99 Å². The van der Waals surface area contributed by atoms with Crippen LogP contribution in [0.2, 0.25) is 0 Å². The van der Waals surface area contributed by atoms with Gasteiger partial charge in [-0.15, -0.1) is 0 Å². The van der Waals surface area contributed by atoms with Gasteiger partial charge in [0.2, 0.25) is 0 Å². The molecule has 0 aliphatic carbocycles. The molecule has 0 saturated carbocycles. The maximum atomic E-state index is 13.8. The van der Waals surface area contributed by atoms with Gasteiger partial charge in [-0.25, -0.2) is 18.8 Å². The number of rotatable bonds is 6. The molecule has 2 N–H and O–H groups in total. The average Bonchev–Trinajstić information content (AvgIpc) is 2.73. The Hall–Kier alpha value is -2.74. The molecule has 8 heteroatoms. The number of nitrogens with one attached hydrogen (secondary N) is 2. The van der Waals surface area contributed by atoms with E-state index < -0.39 is 11.6 Å². The standard InChI is InChI=1S/C21H27F2N5O/c1-3-24-21(27-13-17-10-18(22)5-6-19(17)23)26-12-16-4-7-20(25-11-16)28-8-9-29-15(2)14-28/h4-7,10-11,15H,3,8-9,12-14H2,1-2H3,(H2,24,26,27). The number of halogens is 2. The first kappa shape index (κ1) is 21.0.